The van der Waals surface area contributed by atoms with Gasteiger partial charge in [-0.05, 0) is 52.9 Å². The molecule has 0 aromatic heterocycles. The molecule has 0 aliphatic heterocycles. The van der Waals surface area contributed by atoms with Gasteiger partial charge in [-0.3, -0.25) is 4.79 Å². The molecule has 1 amide bonds. The minimum absolute atomic E-state index is 0.0118. The molecule has 3 N–H and O–H groups in total. The largest absolute Gasteiger partial charge is 0.507 e. The molecule has 0 radical (unpaired) electrons. The quantitative estimate of drug-likeness (QED) is 0.344. The maximum absolute atomic E-state index is 11.9. The molecule has 0 heterocycles. The summed E-state index contributed by atoms with van der Waals surface area (Å²) >= 11 is 11.1. The third kappa shape index (κ3) is 4.11. The summed E-state index contributed by atoms with van der Waals surface area (Å²) in [5.41, 5.74) is 2.72. The standard InChI is InChI=1S/C14H9BrClIN2O3/c15-8-3-7(13(21)11(17)4-8)6-18-19-14(22)10-5-9(16)1-2-12(10)20/h1-6,20-21H,(H,19,22)/b18-6+. The average Bonchev–Trinajstić information content (AvgIpc) is 2.46. The van der Waals surface area contributed by atoms with Crippen LogP contribution in [0.15, 0.2) is 39.9 Å². The Morgan fingerprint density at radius 1 is 1.32 bits per heavy atom. The van der Waals surface area contributed by atoms with E-state index in [0.717, 1.165) is 4.47 Å². The number of halogens is 3. The van der Waals surface area contributed by atoms with E-state index in [9.17, 15) is 15.0 Å². The number of carbonyl (C=O) groups is 1. The van der Waals surface area contributed by atoms with E-state index in [2.05, 4.69) is 26.5 Å². The Morgan fingerprint density at radius 3 is 2.77 bits per heavy atom. The molecule has 22 heavy (non-hydrogen) atoms. The lowest BCUT2D eigenvalue weighted by molar-refractivity contribution is 0.0952. The maximum Gasteiger partial charge on any atom is 0.275 e. The number of hydrogen-bond donors (Lipinski definition) is 3. The number of phenols is 2. The van der Waals surface area contributed by atoms with Gasteiger partial charge in [-0.15, -0.1) is 0 Å². The number of amides is 1. The summed E-state index contributed by atoms with van der Waals surface area (Å²) in [7, 11) is 0. The highest BCUT2D eigenvalue weighted by Crippen LogP contribution is 2.27. The zero-order chi connectivity index (χ0) is 16.3. The van der Waals surface area contributed by atoms with Gasteiger partial charge in [0.2, 0.25) is 0 Å². The number of benzene rings is 2. The second kappa shape index (κ2) is 7.30. The van der Waals surface area contributed by atoms with Crippen molar-refractivity contribution in [2.45, 2.75) is 0 Å². The van der Waals surface area contributed by atoms with Crippen LogP contribution >= 0.6 is 50.1 Å². The molecular formula is C14H9BrClIN2O3. The Kier molecular flexibility index (Phi) is 5.65. The summed E-state index contributed by atoms with van der Waals surface area (Å²) in [6.45, 7) is 0. The number of phenolic OH excluding ortho intramolecular Hbond substituents is 2. The molecule has 0 aliphatic rings. The van der Waals surface area contributed by atoms with Gasteiger partial charge < -0.3 is 10.2 Å². The van der Waals surface area contributed by atoms with Gasteiger partial charge in [-0.2, -0.15) is 5.10 Å². The van der Waals surface area contributed by atoms with Gasteiger partial charge in [0.05, 0.1) is 15.3 Å². The molecule has 0 fully saturated rings. The van der Waals surface area contributed by atoms with Crippen LogP contribution in [0, 0.1) is 3.57 Å². The van der Waals surface area contributed by atoms with Crippen molar-refractivity contribution in [2.24, 2.45) is 5.10 Å². The lowest BCUT2D eigenvalue weighted by Gasteiger charge is -2.04. The van der Waals surface area contributed by atoms with E-state index in [1.165, 1.54) is 24.4 Å². The number of carbonyl (C=O) groups excluding carboxylic acids is 1. The number of aromatic hydroxyl groups is 2. The van der Waals surface area contributed by atoms with Crippen molar-refractivity contribution in [3.63, 3.8) is 0 Å². The van der Waals surface area contributed by atoms with Crippen molar-refractivity contribution in [1.82, 2.24) is 5.43 Å². The van der Waals surface area contributed by atoms with Gasteiger partial charge in [0, 0.05) is 15.1 Å². The average molecular weight is 495 g/mol. The highest BCUT2D eigenvalue weighted by atomic mass is 127. The van der Waals surface area contributed by atoms with E-state index in [1.807, 2.05) is 22.6 Å². The minimum atomic E-state index is -0.611. The Morgan fingerprint density at radius 2 is 2.05 bits per heavy atom. The fourth-order valence-corrected chi connectivity index (χ4v) is 3.32. The van der Waals surface area contributed by atoms with E-state index < -0.39 is 5.91 Å². The van der Waals surface area contributed by atoms with Crippen molar-refractivity contribution in [2.75, 3.05) is 0 Å². The molecule has 2 rings (SSSR count). The van der Waals surface area contributed by atoms with Gasteiger partial charge in [0.15, 0.2) is 0 Å². The van der Waals surface area contributed by atoms with Gasteiger partial charge in [0.25, 0.3) is 5.91 Å². The van der Waals surface area contributed by atoms with Crippen LogP contribution in [0.3, 0.4) is 0 Å². The molecule has 2 aromatic rings. The zero-order valence-electron chi connectivity index (χ0n) is 10.8. The normalized spacial score (nSPS) is 10.9. The second-order valence-electron chi connectivity index (χ2n) is 4.19. The lowest BCUT2D eigenvalue weighted by Crippen LogP contribution is -2.17. The Bertz CT molecular complexity index is 768. The molecule has 114 valence electrons. The molecule has 0 unspecified atom stereocenters. The SMILES string of the molecule is O=C(N/N=C/c1cc(Br)cc(I)c1O)c1cc(Cl)ccc1O. The summed E-state index contributed by atoms with van der Waals surface area (Å²) in [5, 5.41) is 23.6. The van der Waals surface area contributed by atoms with E-state index in [4.69, 9.17) is 11.6 Å². The summed E-state index contributed by atoms with van der Waals surface area (Å²) < 4.78 is 1.42. The van der Waals surface area contributed by atoms with Crippen LogP contribution in [-0.2, 0) is 0 Å². The first-order chi connectivity index (χ1) is 10.4. The van der Waals surface area contributed by atoms with Crippen molar-refractivity contribution < 1.29 is 15.0 Å². The number of nitrogens with zero attached hydrogens (tertiary/aromatic N) is 1. The lowest BCUT2D eigenvalue weighted by atomic mass is 10.2. The third-order valence-electron chi connectivity index (χ3n) is 2.63. The summed E-state index contributed by atoms with van der Waals surface area (Å²) in [6, 6.07) is 7.53. The molecule has 0 saturated heterocycles. The first kappa shape index (κ1) is 17.0. The maximum atomic E-state index is 11.9. The number of hydrazone groups is 1. The molecule has 0 saturated carbocycles. The summed E-state index contributed by atoms with van der Waals surface area (Å²) in [4.78, 5) is 11.9. The molecule has 0 aliphatic carbocycles. The fourth-order valence-electron chi connectivity index (χ4n) is 1.60. The van der Waals surface area contributed by atoms with Crippen LogP contribution < -0.4 is 5.43 Å². The molecule has 5 nitrogen and oxygen atoms in total. The highest BCUT2D eigenvalue weighted by Gasteiger charge is 2.11. The van der Waals surface area contributed by atoms with Crippen molar-refractivity contribution in [3.05, 3.63) is 54.5 Å². The molecule has 8 heteroatoms. The van der Waals surface area contributed by atoms with Crippen LogP contribution in [0.25, 0.3) is 0 Å². The van der Waals surface area contributed by atoms with Gasteiger partial charge in [-0.1, -0.05) is 27.5 Å². The smallest absolute Gasteiger partial charge is 0.275 e. The fraction of sp³-hybridized carbons (Fsp3) is 0. The van der Waals surface area contributed by atoms with Crippen LogP contribution in [0.2, 0.25) is 5.02 Å². The number of nitrogens with one attached hydrogen (secondary N) is 1. The van der Waals surface area contributed by atoms with E-state index in [1.54, 1.807) is 12.1 Å². The van der Waals surface area contributed by atoms with Crippen LogP contribution in [0.5, 0.6) is 11.5 Å². The second-order valence-corrected chi connectivity index (χ2v) is 6.70. The predicted octanol–water partition coefficient (Wildman–Crippen LogP) is 3.88. The van der Waals surface area contributed by atoms with Gasteiger partial charge in [0.1, 0.15) is 11.5 Å². The first-order valence-corrected chi connectivity index (χ1v) is 8.13. The topological polar surface area (TPSA) is 81.9 Å². The van der Waals surface area contributed by atoms with E-state index in [-0.39, 0.29) is 17.1 Å². The van der Waals surface area contributed by atoms with Gasteiger partial charge >= 0.3 is 0 Å². The molecule has 0 spiro atoms. The van der Waals surface area contributed by atoms with Crippen LogP contribution in [0.1, 0.15) is 15.9 Å². The van der Waals surface area contributed by atoms with Crippen molar-refractivity contribution in [3.8, 4) is 11.5 Å². The first-order valence-electron chi connectivity index (χ1n) is 5.88. The van der Waals surface area contributed by atoms with E-state index in [0.29, 0.717) is 14.2 Å². The Hall–Kier alpha value is -1.32. The minimum Gasteiger partial charge on any atom is -0.507 e. The summed E-state index contributed by atoms with van der Waals surface area (Å²) in [5.74, 6) is -0.746. The van der Waals surface area contributed by atoms with Crippen LogP contribution in [0.4, 0.5) is 0 Å². The zero-order valence-corrected chi connectivity index (χ0v) is 15.3. The van der Waals surface area contributed by atoms with E-state index >= 15 is 0 Å². The Labute approximate surface area is 153 Å². The van der Waals surface area contributed by atoms with Gasteiger partial charge in [-0.25, -0.2) is 5.43 Å². The Balaban J connectivity index is 2.16. The van der Waals surface area contributed by atoms with Crippen molar-refractivity contribution >= 4 is 62.2 Å². The monoisotopic (exact) mass is 494 g/mol. The van der Waals surface area contributed by atoms with Crippen molar-refractivity contribution in [1.29, 1.82) is 0 Å². The van der Waals surface area contributed by atoms with Crippen LogP contribution in [-0.4, -0.2) is 22.3 Å². The molecular weight excluding hydrogens is 486 g/mol. The summed E-state index contributed by atoms with van der Waals surface area (Å²) in [6.07, 6.45) is 1.31. The third-order valence-corrected chi connectivity index (χ3v) is 4.15. The molecule has 0 bridgehead atoms. The molecule has 2 aromatic carbocycles. The molecule has 0 atom stereocenters. The predicted molar refractivity (Wildman–Crippen MR) is 96.7 cm³/mol. The number of rotatable bonds is 3. The highest BCUT2D eigenvalue weighted by molar-refractivity contribution is 14.1. The number of hydrogen-bond acceptors (Lipinski definition) is 4.